The first-order valence-corrected chi connectivity index (χ1v) is 10.9. The van der Waals surface area contributed by atoms with Gasteiger partial charge >= 0.3 is 0 Å². The zero-order valence-corrected chi connectivity index (χ0v) is 19.0. The van der Waals surface area contributed by atoms with Gasteiger partial charge in [0.15, 0.2) is 6.10 Å². The predicted octanol–water partition coefficient (Wildman–Crippen LogP) is 4.55. The van der Waals surface area contributed by atoms with Gasteiger partial charge < -0.3 is 9.47 Å². The zero-order valence-electron chi connectivity index (χ0n) is 18.3. The first-order chi connectivity index (χ1) is 16.4. The molecule has 9 heteroatoms. The van der Waals surface area contributed by atoms with E-state index in [-0.39, 0.29) is 10.7 Å². The highest BCUT2D eigenvalue weighted by molar-refractivity contribution is 6.31. The van der Waals surface area contributed by atoms with Gasteiger partial charge in [0.05, 0.1) is 36.7 Å². The van der Waals surface area contributed by atoms with Gasteiger partial charge in [-0.2, -0.15) is 0 Å². The van der Waals surface area contributed by atoms with E-state index in [4.69, 9.17) is 25.9 Å². The molecule has 0 spiro atoms. The van der Waals surface area contributed by atoms with Crippen LogP contribution in [0.2, 0.25) is 5.02 Å². The fourth-order valence-electron chi connectivity index (χ4n) is 4.39. The highest BCUT2D eigenvalue weighted by Crippen LogP contribution is 2.48. The summed E-state index contributed by atoms with van der Waals surface area (Å²) in [6, 6.07) is 17.5. The summed E-state index contributed by atoms with van der Waals surface area (Å²) in [5.41, 5.74) is 1.52. The third-order valence-corrected chi connectivity index (χ3v) is 6.37. The van der Waals surface area contributed by atoms with Gasteiger partial charge in [0.2, 0.25) is 5.91 Å². The number of carbonyl (C=O) groups is 2. The molecule has 7 nitrogen and oxygen atoms in total. The molecule has 174 valence electrons. The molecule has 2 aliphatic heterocycles. The zero-order chi connectivity index (χ0) is 24.0. The van der Waals surface area contributed by atoms with Crippen molar-refractivity contribution in [3.63, 3.8) is 0 Å². The summed E-state index contributed by atoms with van der Waals surface area (Å²) in [5.74, 6) is -1.29. The second-order valence-electron chi connectivity index (χ2n) is 7.90. The topological polar surface area (TPSA) is 68.3 Å². The number of hydrogen-bond donors (Lipinski definition) is 0. The normalized spacial score (nSPS) is 21.7. The van der Waals surface area contributed by atoms with Crippen molar-refractivity contribution in [1.29, 1.82) is 0 Å². The second-order valence-corrected chi connectivity index (χ2v) is 8.31. The molecule has 34 heavy (non-hydrogen) atoms. The molecule has 0 radical (unpaired) electrons. The van der Waals surface area contributed by atoms with Crippen LogP contribution in [0.4, 0.5) is 15.8 Å². The van der Waals surface area contributed by atoms with Gasteiger partial charge in [-0.1, -0.05) is 23.7 Å². The highest BCUT2D eigenvalue weighted by atomic mass is 35.5. The van der Waals surface area contributed by atoms with Gasteiger partial charge in [-0.3, -0.25) is 14.4 Å². The summed E-state index contributed by atoms with van der Waals surface area (Å²) in [7, 11) is 3.13. The Balaban J connectivity index is 1.56. The van der Waals surface area contributed by atoms with Crippen LogP contribution in [-0.2, 0) is 14.4 Å². The first-order valence-electron chi connectivity index (χ1n) is 10.5. The van der Waals surface area contributed by atoms with Gasteiger partial charge in [0.1, 0.15) is 23.2 Å². The van der Waals surface area contributed by atoms with E-state index in [9.17, 15) is 14.0 Å². The number of carbonyl (C=O) groups excluding carboxylic acids is 2. The van der Waals surface area contributed by atoms with Gasteiger partial charge in [-0.05, 0) is 60.2 Å². The van der Waals surface area contributed by atoms with Crippen LogP contribution in [0.15, 0.2) is 66.7 Å². The average Bonchev–Trinajstić information content (AvgIpc) is 3.37. The highest BCUT2D eigenvalue weighted by Gasteiger charge is 2.60. The van der Waals surface area contributed by atoms with Crippen molar-refractivity contribution in [2.45, 2.75) is 12.1 Å². The summed E-state index contributed by atoms with van der Waals surface area (Å²) in [5, 5.41) is 1.48. The lowest BCUT2D eigenvalue weighted by Gasteiger charge is -2.29. The SMILES string of the molecule is COc1ccc([C@@H]2[C@@H]3C(=O)N(c4ccc(Cl)c(F)c4)C(=O)[C@@H]3ON2c2ccc(OC)cc2)cc1. The molecule has 3 aromatic rings. The molecule has 3 aromatic carbocycles. The van der Waals surface area contributed by atoms with Gasteiger partial charge in [0, 0.05) is 0 Å². The molecule has 0 aliphatic carbocycles. The Morgan fingerprint density at radius 1 is 0.853 bits per heavy atom. The Bertz CT molecular complexity index is 1250. The molecule has 3 atom stereocenters. The maximum atomic E-state index is 14.1. The molecule has 2 amide bonds. The van der Waals surface area contributed by atoms with Crippen LogP contribution in [0.1, 0.15) is 11.6 Å². The van der Waals surface area contributed by atoms with Crippen molar-refractivity contribution in [2.24, 2.45) is 5.92 Å². The van der Waals surface area contributed by atoms with Crippen molar-refractivity contribution in [2.75, 3.05) is 24.2 Å². The van der Waals surface area contributed by atoms with Crippen LogP contribution in [-0.4, -0.2) is 32.1 Å². The number of halogens is 2. The molecule has 2 saturated heterocycles. The lowest BCUT2D eigenvalue weighted by atomic mass is 9.90. The van der Waals surface area contributed by atoms with Gasteiger partial charge in [-0.25, -0.2) is 14.4 Å². The van der Waals surface area contributed by atoms with E-state index >= 15 is 0 Å². The molecule has 0 N–H and O–H groups in total. The number of methoxy groups -OCH3 is 2. The fourth-order valence-corrected chi connectivity index (χ4v) is 4.50. The van der Waals surface area contributed by atoms with E-state index < -0.39 is 35.7 Å². The molecule has 0 bridgehead atoms. The minimum Gasteiger partial charge on any atom is -0.497 e. The molecular weight excluding hydrogens is 463 g/mol. The standard InChI is InChI=1S/C25H20ClFN2O5/c1-32-17-8-3-14(4-9-17)22-21-23(34-29(22)15-5-10-18(33-2)11-6-15)25(31)28(24(21)30)16-7-12-19(26)20(27)13-16/h3-13,21-23H,1-2H3/t21-,22+,23+/m0/s1. The van der Waals surface area contributed by atoms with Crippen LogP contribution in [0.25, 0.3) is 0 Å². The number of nitrogens with zero attached hydrogens (tertiary/aromatic N) is 2. The molecule has 2 fully saturated rings. The molecule has 0 aromatic heterocycles. The lowest BCUT2D eigenvalue weighted by Crippen LogP contribution is -2.37. The Hall–Kier alpha value is -3.62. The number of hydroxylamine groups is 1. The number of fused-ring (bicyclic) bond motifs is 1. The van der Waals surface area contributed by atoms with Crippen molar-refractivity contribution >= 4 is 34.8 Å². The number of anilines is 2. The summed E-state index contributed by atoms with van der Waals surface area (Å²) in [6.45, 7) is 0. The number of hydrogen-bond acceptors (Lipinski definition) is 6. The minimum atomic E-state index is -1.07. The van der Waals surface area contributed by atoms with Gasteiger partial charge in [0.25, 0.3) is 5.91 Å². The Labute approximate surface area is 200 Å². The van der Waals surface area contributed by atoms with E-state index in [0.29, 0.717) is 17.2 Å². The van der Waals surface area contributed by atoms with Crippen molar-refractivity contribution in [1.82, 2.24) is 0 Å². The van der Waals surface area contributed by atoms with E-state index in [2.05, 4.69) is 0 Å². The Morgan fingerprint density at radius 2 is 1.44 bits per heavy atom. The third kappa shape index (κ3) is 3.55. The van der Waals surface area contributed by atoms with Crippen molar-refractivity contribution < 1.29 is 28.3 Å². The third-order valence-electron chi connectivity index (χ3n) is 6.06. The molecule has 0 saturated carbocycles. The van der Waals surface area contributed by atoms with E-state index in [1.807, 2.05) is 12.1 Å². The fraction of sp³-hybridized carbons (Fsp3) is 0.200. The Kier molecular flexibility index (Phi) is 5.63. The van der Waals surface area contributed by atoms with Gasteiger partial charge in [-0.15, -0.1) is 0 Å². The largest absolute Gasteiger partial charge is 0.497 e. The van der Waals surface area contributed by atoms with Crippen LogP contribution in [0.3, 0.4) is 0 Å². The van der Waals surface area contributed by atoms with Crippen LogP contribution in [0, 0.1) is 11.7 Å². The average molecular weight is 483 g/mol. The van der Waals surface area contributed by atoms with Crippen molar-refractivity contribution in [3.05, 3.63) is 83.1 Å². The quantitative estimate of drug-likeness (QED) is 0.497. The maximum absolute atomic E-state index is 14.1. The number of benzene rings is 3. The van der Waals surface area contributed by atoms with E-state index in [1.165, 1.54) is 12.1 Å². The van der Waals surface area contributed by atoms with Crippen LogP contribution < -0.4 is 19.4 Å². The first kappa shape index (κ1) is 22.2. The summed E-state index contributed by atoms with van der Waals surface area (Å²) < 4.78 is 24.6. The predicted molar refractivity (Wildman–Crippen MR) is 123 cm³/mol. The van der Waals surface area contributed by atoms with E-state index in [0.717, 1.165) is 16.5 Å². The lowest BCUT2D eigenvalue weighted by molar-refractivity contribution is -0.126. The maximum Gasteiger partial charge on any atom is 0.266 e. The number of imide groups is 1. The van der Waals surface area contributed by atoms with E-state index in [1.54, 1.807) is 55.7 Å². The Morgan fingerprint density at radius 3 is 2.03 bits per heavy atom. The number of ether oxygens (including phenoxy) is 2. The monoisotopic (exact) mass is 482 g/mol. The molecule has 2 heterocycles. The molecular formula is C25H20ClFN2O5. The molecule has 5 rings (SSSR count). The van der Waals surface area contributed by atoms with Crippen molar-refractivity contribution in [3.8, 4) is 11.5 Å². The summed E-state index contributed by atoms with van der Waals surface area (Å²) >= 11 is 5.78. The number of rotatable bonds is 5. The van der Waals surface area contributed by atoms with Crippen LogP contribution >= 0.6 is 11.6 Å². The number of amides is 2. The second kappa shape index (κ2) is 8.62. The summed E-state index contributed by atoms with van der Waals surface area (Å²) in [4.78, 5) is 33.9. The molecule has 0 unspecified atom stereocenters. The van der Waals surface area contributed by atoms with Crippen LogP contribution in [0.5, 0.6) is 11.5 Å². The molecule has 2 aliphatic rings. The smallest absolute Gasteiger partial charge is 0.266 e. The minimum absolute atomic E-state index is 0.0962. The summed E-state index contributed by atoms with van der Waals surface area (Å²) in [6.07, 6.45) is -1.07.